The first-order valence-electron chi connectivity index (χ1n) is 7.49. The summed E-state index contributed by atoms with van der Waals surface area (Å²) in [6.07, 6.45) is 2.55. The van der Waals surface area contributed by atoms with Crippen molar-refractivity contribution in [3.05, 3.63) is 48.0 Å². The third kappa shape index (κ3) is 2.66. The van der Waals surface area contributed by atoms with Gasteiger partial charge in [0.15, 0.2) is 0 Å². The molecule has 0 aliphatic heterocycles. The highest BCUT2D eigenvalue weighted by atomic mass is 14.9. The lowest BCUT2D eigenvalue weighted by molar-refractivity contribution is 0.455. The summed E-state index contributed by atoms with van der Waals surface area (Å²) in [7, 11) is 0. The normalized spacial score (nSPS) is 23.5. The molecule has 0 saturated heterocycles. The van der Waals surface area contributed by atoms with Gasteiger partial charge in [-0.1, -0.05) is 56.3 Å². The molecular weight excluding hydrogens is 230 g/mol. The topological polar surface area (TPSA) is 12.0 Å². The molecule has 0 aromatic heterocycles. The maximum atomic E-state index is 3.69. The second-order valence-corrected chi connectivity index (χ2v) is 5.88. The lowest BCUT2D eigenvalue weighted by Gasteiger charge is -2.19. The van der Waals surface area contributed by atoms with Crippen LogP contribution in [0.15, 0.2) is 42.5 Å². The van der Waals surface area contributed by atoms with E-state index in [0.717, 1.165) is 24.8 Å². The maximum absolute atomic E-state index is 3.69. The van der Waals surface area contributed by atoms with E-state index < -0.39 is 0 Å². The molecule has 1 fully saturated rings. The molecule has 1 nitrogen and oxygen atoms in total. The number of rotatable bonds is 5. The van der Waals surface area contributed by atoms with Crippen LogP contribution in [0.2, 0.25) is 0 Å². The van der Waals surface area contributed by atoms with Crippen LogP contribution in [0.25, 0.3) is 10.8 Å². The van der Waals surface area contributed by atoms with Crippen molar-refractivity contribution in [3.63, 3.8) is 0 Å². The maximum Gasteiger partial charge on any atom is 0.0138 e. The van der Waals surface area contributed by atoms with E-state index in [-0.39, 0.29) is 0 Å². The molecule has 0 amide bonds. The van der Waals surface area contributed by atoms with E-state index in [0.29, 0.717) is 6.04 Å². The fourth-order valence-electron chi connectivity index (χ4n) is 3.26. The van der Waals surface area contributed by atoms with Gasteiger partial charge in [0, 0.05) is 6.04 Å². The average Bonchev–Trinajstić information content (AvgIpc) is 3.16. The van der Waals surface area contributed by atoms with E-state index in [9.17, 15) is 0 Å². The lowest BCUT2D eigenvalue weighted by Crippen LogP contribution is -2.33. The Morgan fingerprint density at radius 3 is 2.63 bits per heavy atom. The molecule has 3 atom stereocenters. The van der Waals surface area contributed by atoms with Crippen molar-refractivity contribution in [3.8, 4) is 0 Å². The molecule has 1 N–H and O–H groups in total. The van der Waals surface area contributed by atoms with E-state index >= 15 is 0 Å². The molecule has 2 aromatic carbocycles. The van der Waals surface area contributed by atoms with Crippen LogP contribution in [-0.2, 0) is 6.42 Å². The predicted octanol–water partition coefficient (Wildman–Crippen LogP) is 4.02. The Morgan fingerprint density at radius 2 is 1.89 bits per heavy atom. The summed E-state index contributed by atoms with van der Waals surface area (Å²) in [5.74, 6) is 1.78. The molecule has 0 bridgehead atoms. The Bertz CT molecular complexity index is 555. The molecule has 0 spiro atoms. The number of hydrogen-bond acceptors (Lipinski definition) is 1. The van der Waals surface area contributed by atoms with Crippen LogP contribution in [0, 0.1) is 11.8 Å². The van der Waals surface area contributed by atoms with Gasteiger partial charge in [0.05, 0.1) is 0 Å². The van der Waals surface area contributed by atoms with Crippen molar-refractivity contribution in [1.82, 2.24) is 5.32 Å². The minimum atomic E-state index is 0.644. The molecule has 1 saturated carbocycles. The summed E-state index contributed by atoms with van der Waals surface area (Å²) < 4.78 is 0. The number of fused-ring (bicyclic) bond motifs is 1. The molecule has 0 heterocycles. The van der Waals surface area contributed by atoms with Gasteiger partial charge in [-0.05, 0) is 47.6 Å². The van der Waals surface area contributed by atoms with Crippen molar-refractivity contribution in [2.24, 2.45) is 11.8 Å². The van der Waals surface area contributed by atoms with E-state index in [1.165, 1.54) is 22.8 Å². The zero-order valence-corrected chi connectivity index (χ0v) is 11.9. The number of nitrogens with one attached hydrogen (secondary N) is 1. The van der Waals surface area contributed by atoms with Crippen molar-refractivity contribution >= 4 is 10.8 Å². The third-order valence-corrected chi connectivity index (χ3v) is 4.47. The fraction of sp³-hybridized carbons (Fsp3) is 0.444. The van der Waals surface area contributed by atoms with Crippen LogP contribution < -0.4 is 5.32 Å². The zero-order chi connectivity index (χ0) is 13.2. The molecule has 0 radical (unpaired) electrons. The van der Waals surface area contributed by atoms with Gasteiger partial charge in [0.2, 0.25) is 0 Å². The van der Waals surface area contributed by atoms with E-state index in [1.54, 1.807) is 0 Å². The van der Waals surface area contributed by atoms with Crippen molar-refractivity contribution in [2.45, 2.75) is 32.7 Å². The second kappa shape index (κ2) is 5.34. The molecule has 3 unspecified atom stereocenters. The number of likely N-dealkylation sites (N-methyl/N-ethyl adjacent to an activating group) is 1. The van der Waals surface area contributed by atoms with Gasteiger partial charge < -0.3 is 5.32 Å². The summed E-state index contributed by atoms with van der Waals surface area (Å²) >= 11 is 0. The summed E-state index contributed by atoms with van der Waals surface area (Å²) in [6.45, 7) is 5.65. The third-order valence-electron chi connectivity index (χ3n) is 4.47. The Balaban J connectivity index is 1.87. The smallest absolute Gasteiger partial charge is 0.0138 e. The van der Waals surface area contributed by atoms with Gasteiger partial charge >= 0.3 is 0 Å². The van der Waals surface area contributed by atoms with Crippen molar-refractivity contribution in [2.75, 3.05) is 6.54 Å². The first-order valence-corrected chi connectivity index (χ1v) is 7.49. The lowest BCUT2D eigenvalue weighted by atomic mass is 9.96. The Morgan fingerprint density at radius 1 is 1.16 bits per heavy atom. The van der Waals surface area contributed by atoms with Gasteiger partial charge in [0.1, 0.15) is 0 Å². The summed E-state index contributed by atoms with van der Waals surface area (Å²) in [6, 6.07) is 16.1. The molecule has 100 valence electrons. The Kier molecular flexibility index (Phi) is 3.56. The first kappa shape index (κ1) is 12.7. The number of benzene rings is 2. The van der Waals surface area contributed by atoms with Crippen LogP contribution in [0.1, 0.15) is 25.8 Å². The minimum Gasteiger partial charge on any atom is -0.314 e. The second-order valence-electron chi connectivity index (χ2n) is 5.88. The monoisotopic (exact) mass is 253 g/mol. The van der Waals surface area contributed by atoms with E-state index in [1.807, 2.05) is 0 Å². The number of hydrogen-bond donors (Lipinski definition) is 1. The average molecular weight is 253 g/mol. The molecule has 19 heavy (non-hydrogen) atoms. The standard InChI is InChI=1S/C18H23N/c1-3-19-18(17-11-13(17)2)12-15-9-6-8-14-7-4-5-10-16(14)15/h4-10,13,17-19H,3,11-12H2,1-2H3. The molecular formula is C18H23N. The SMILES string of the molecule is CCNC(Cc1cccc2ccccc12)C1CC1C. The van der Waals surface area contributed by atoms with Crippen molar-refractivity contribution < 1.29 is 0 Å². The zero-order valence-electron chi connectivity index (χ0n) is 11.9. The van der Waals surface area contributed by atoms with Gasteiger partial charge in [-0.2, -0.15) is 0 Å². The van der Waals surface area contributed by atoms with Crippen LogP contribution in [0.4, 0.5) is 0 Å². The minimum absolute atomic E-state index is 0.644. The van der Waals surface area contributed by atoms with E-state index in [2.05, 4.69) is 61.6 Å². The van der Waals surface area contributed by atoms with Gasteiger partial charge in [0.25, 0.3) is 0 Å². The summed E-state index contributed by atoms with van der Waals surface area (Å²) in [5, 5.41) is 6.47. The van der Waals surface area contributed by atoms with Gasteiger partial charge in [-0.3, -0.25) is 0 Å². The molecule has 1 heteroatoms. The quantitative estimate of drug-likeness (QED) is 0.848. The van der Waals surface area contributed by atoms with Crippen LogP contribution >= 0.6 is 0 Å². The highest BCUT2D eigenvalue weighted by Crippen LogP contribution is 2.41. The fourth-order valence-corrected chi connectivity index (χ4v) is 3.26. The van der Waals surface area contributed by atoms with Crippen molar-refractivity contribution in [1.29, 1.82) is 0 Å². The van der Waals surface area contributed by atoms with Gasteiger partial charge in [-0.25, -0.2) is 0 Å². The summed E-state index contributed by atoms with van der Waals surface area (Å²) in [5.41, 5.74) is 1.49. The van der Waals surface area contributed by atoms with Crippen LogP contribution in [0.3, 0.4) is 0 Å². The first-order chi connectivity index (χ1) is 9.29. The highest BCUT2D eigenvalue weighted by molar-refractivity contribution is 5.85. The van der Waals surface area contributed by atoms with Crippen LogP contribution in [0.5, 0.6) is 0 Å². The summed E-state index contributed by atoms with van der Waals surface area (Å²) in [4.78, 5) is 0. The highest BCUT2D eigenvalue weighted by Gasteiger charge is 2.38. The van der Waals surface area contributed by atoms with E-state index in [4.69, 9.17) is 0 Å². The van der Waals surface area contributed by atoms with Gasteiger partial charge in [-0.15, -0.1) is 0 Å². The Labute approximate surface area is 116 Å². The largest absolute Gasteiger partial charge is 0.314 e. The predicted molar refractivity (Wildman–Crippen MR) is 82.4 cm³/mol. The molecule has 1 aliphatic rings. The van der Waals surface area contributed by atoms with Crippen LogP contribution in [-0.4, -0.2) is 12.6 Å². The Hall–Kier alpha value is -1.34. The molecule has 1 aliphatic carbocycles. The molecule has 3 rings (SSSR count). The molecule has 2 aromatic rings.